The number of benzene rings is 2. The van der Waals surface area contributed by atoms with Gasteiger partial charge in [0.05, 0.1) is 36.2 Å². The van der Waals surface area contributed by atoms with E-state index in [0.29, 0.717) is 27.4 Å². The minimum Gasteiger partial charge on any atom is -0.491 e. The topological polar surface area (TPSA) is 218 Å². The molecule has 0 radical (unpaired) electrons. The lowest BCUT2D eigenvalue weighted by Gasteiger charge is -2.23. The van der Waals surface area contributed by atoms with Gasteiger partial charge in [-0.05, 0) is 41.8 Å². The summed E-state index contributed by atoms with van der Waals surface area (Å²) in [6.45, 7) is 3.40. The molecule has 4 rings (SSSR count). The van der Waals surface area contributed by atoms with Gasteiger partial charge in [0.1, 0.15) is 36.4 Å². The molecule has 0 bridgehead atoms. The van der Waals surface area contributed by atoms with Crippen molar-refractivity contribution >= 4 is 43.5 Å². The maximum absolute atomic E-state index is 13.2. The van der Waals surface area contributed by atoms with E-state index in [1.165, 1.54) is 10.9 Å². The van der Waals surface area contributed by atoms with Gasteiger partial charge in [-0.15, -0.1) is 16.4 Å². The number of aliphatic carboxylic acids is 1. The number of hydrogen-bond acceptors (Lipinski definition) is 12. The lowest BCUT2D eigenvalue weighted by atomic mass is 10.0. The molecular formula is C27H32N6O9S2. The Hall–Kier alpha value is -4.16. The van der Waals surface area contributed by atoms with Crippen LogP contribution in [0.1, 0.15) is 31.1 Å². The lowest BCUT2D eigenvalue weighted by molar-refractivity contribution is -0.144. The van der Waals surface area contributed by atoms with Crippen molar-refractivity contribution in [2.75, 3.05) is 19.8 Å². The summed E-state index contributed by atoms with van der Waals surface area (Å²) in [6, 6.07) is 9.64. The van der Waals surface area contributed by atoms with E-state index in [-0.39, 0.29) is 43.3 Å². The average molecular weight is 649 g/mol. The van der Waals surface area contributed by atoms with Gasteiger partial charge in [0.15, 0.2) is 6.04 Å². The molecule has 2 aromatic heterocycles. The molecule has 236 valence electrons. The third-order valence-corrected chi connectivity index (χ3v) is 8.48. The largest absolute Gasteiger partial charge is 0.491 e. The Morgan fingerprint density at radius 1 is 1.11 bits per heavy atom. The molecule has 44 heavy (non-hydrogen) atoms. The van der Waals surface area contributed by atoms with E-state index in [9.17, 15) is 23.1 Å². The van der Waals surface area contributed by atoms with Crippen LogP contribution in [0.15, 0.2) is 53.0 Å². The number of sulfonamides is 1. The Bertz CT molecular complexity index is 1710. The normalized spacial score (nSPS) is 13.1. The fourth-order valence-electron chi connectivity index (χ4n) is 4.11. The number of carbonyl (C=O) groups is 2. The summed E-state index contributed by atoms with van der Waals surface area (Å²) in [7, 11) is -3.92. The van der Waals surface area contributed by atoms with Crippen LogP contribution in [0.4, 0.5) is 0 Å². The van der Waals surface area contributed by atoms with Crippen LogP contribution in [0.3, 0.4) is 0 Å². The summed E-state index contributed by atoms with van der Waals surface area (Å²) >= 11 is 0.924. The molecule has 15 nitrogen and oxygen atoms in total. The first kappa shape index (κ1) is 32.7. The van der Waals surface area contributed by atoms with Crippen molar-refractivity contribution in [1.29, 1.82) is 0 Å². The number of amides is 1. The maximum Gasteiger partial charge on any atom is 0.328 e. The number of nitrogens with two attached hydrogens (primary N) is 1. The number of carboxylic acid groups (broad SMARTS) is 1. The minimum absolute atomic E-state index is 0.00335. The zero-order chi connectivity index (χ0) is 31.9. The van der Waals surface area contributed by atoms with E-state index in [0.717, 1.165) is 16.9 Å². The molecule has 5 N–H and O–H groups in total. The lowest BCUT2D eigenvalue weighted by Crippen LogP contribution is -2.47. The summed E-state index contributed by atoms with van der Waals surface area (Å²) in [5.74, 6) is -1.13. The summed E-state index contributed by atoms with van der Waals surface area (Å²) in [6.07, 6.45) is 1.53. The van der Waals surface area contributed by atoms with Crippen molar-refractivity contribution in [2.45, 2.75) is 43.5 Å². The van der Waals surface area contributed by atoms with Gasteiger partial charge in [-0.25, -0.2) is 28.0 Å². The predicted octanol–water partition coefficient (Wildman–Crippen LogP) is 1.47. The van der Waals surface area contributed by atoms with E-state index < -0.39 is 34.0 Å². The fraction of sp³-hybridized carbons (Fsp3) is 0.370. The first-order valence-corrected chi connectivity index (χ1v) is 15.7. The van der Waals surface area contributed by atoms with Crippen molar-refractivity contribution in [3.63, 3.8) is 0 Å². The van der Waals surface area contributed by atoms with Gasteiger partial charge >= 0.3 is 5.97 Å². The molecule has 0 spiro atoms. The zero-order valence-electron chi connectivity index (χ0n) is 23.8. The highest BCUT2D eigenvalue weighted by molar-refractivity contribution is 7.91. The number of carbonyl (C=O) groups excluding carboxylic acids is 1. The van der Waals surface area contributed by atoms with Gasteiger partial charge in [0.2, 0.25) is 10.2 Å². The molecule has 0 saturated carbocycles. The van der Waals surface area contributed by atoms with Gasteiger partial charge in [0.25, 0.3) is 10.0 Å². The number of thiazole rings is 1. The number of nitrogens with zero attached hydrogens (tertiary/aromatic N) is 4. The number of aliphatic hydroxyl groups is 1. The number of carboxylic acids is 1. The molecule has 2 atom stereocenters. The van der Waals surface area contributed by atoms with Crippen LogP contribution < -0.4 is 19.9 Å². The van der Waals surface area contributed by atoms with Crippen molar-refractivity contribution in [2.24, 2.45) is 11.1 Å². The SMILES string of the molecule is CC(C)C(C(=O)NC(COCc1cccc(OCCO)c1)C(=O)O)n1cc(COc2ccc3nc(S(N)(=O)=O)sc3c2)nn1. The van der Waals surface area contributed by atoms with Crippen LogP contribution in [-0.2, 0) is 37.6 Å². The second-order valence-corrected chi connectivity index (χ2v) is 12.7. The molecule has 0 saturated heterocycles. The molecule has 2 aromatic carbocycles. The molecule has 0 fully saturated rings. The van der Waals surface area contributed by atoms with E-state index in [1.54, 1.807) is 56.3 Å². The van der Waals surface area contributed by atoms with Crippen molar-refractivity contribution in [1.82, 2.24) is 25.3 Å². The molecule has 1 amide bonds. The van der Waals surface area contributed by atoms with E-state index >= 15 is 0 Å². The van der Waals surface area contributed by atoms with Crippen molar-refractivity contribution < 1.29 is 42.4 Å². The summed E-state index contributed by atoms with van der Waals surface area (Å²) in [5.41, 5.74) is 1.60. The predicted molar refractivity (Wildman–Crippen MR) is 157 cm³/mol. The van der Waals surface area contributed by atoms with Crippen LogP contribution >= 0.6 is 11.3 Å². The zero-order valence-corrected chi connectivity index (χ0v) is 25.5. The van der Waals surface area contributed by atoms with Crippen LogP contribution in [0.25, 0.3) is 10.2 Å². The Morgan fingerprint density at radius 2 is 1.89 bits per heavy atom. The summed E-state index contributed by atoms with van der Waals surface area (Å²) in [4.78, 5) is 29.1. The molecule has 0 aliphatic heterocycles. The number of hydrogen-bond donors (Lipinski definition) is 4. The summed E-state index contributed by atoms with van der Waals surface area (Å²) < 4.78 is 41.6. The maximum atomic E-state index is 13.2. The quantitative estimate of drug-likeness (QED) is 0.136. The van der Waals surface area contributed by atoms with Crippen molar-refractivity contribution in [3.8, 4) is 11.5 Å². The monoisotopic (exact) mass is 648 g/mol. The smallest absolute Gasteiger partial charge is 0.328 e. The second-order valence-electron chi connectivity index (χ2n) is 9.96. The van der Waals surface area contributed by atoms with Gasteiger partial charge in [0, 0.05) is 0 Å². The number of rotatable bonds is 16. The van der Waals surface area contributed by atoms with Crippen LogP contribution in [0.2, 0.25) is 0 Å². The number of fused-ring (bicyclic) bond motifs is 1. The number of ether oxygens (including phenoxy) is 3. The van der Waals surface area contributed by atoms with Crippen LogP contribution in [0.5, 0.6) is 11.5 Å². The number of aromatic nitrogens is 4. The van der Waals surface area contributed by atoms with Gasteiger partial charge in [-0.2, -0.15) is 0 Å². The van der Waals surface area contributed by atoms with E-state index in [1.807, 2.05) is 0 Å². The highest BCUT2D eigenvalue weighted by atomic mass is 32.2. The molecule has 4 aromatic rings. The highest BCUT2D eigenvalue weighted by Crippen LogP contribution is 2.28. The number of aliphatic hydroxyl groups excluding tert-OH is 1. The second kappa shape index (κ2) is 14.5. The van der Waals surface area contributed by atoms with Gasteiger partial charge in [-0.1, -0.05) is 31.2 Å². The third kappa shape index (κ3) is 8.70. The van der Waals surface area contributed by atoms with Crippen LogP contribution in [-0.4, -0.2) is 76.3 Å². The summed E-state index contributed by atoms with van der Waals surface area (Å²) in [5, 5.41) is 34.5. The molecule has 0 aliphatic carbocycles. The highest BCUT2D eigenvalue weighted by Gasteiger charge is 2.30. The Balaban J connectivity index is 1.35. The first-order valence-electron chi connectivity index (χ1n) is 13.3. The Labute approximate surface area is 256 Å². The average Bonchev–Trinajstić information content (AvgIpc) is 3.61. The van der Waals surface area contributed by atoms with E-state index in [4.69, 9.17) is 24.5 Å². The molecular weight excluding hydrogens is 616 g/mol. The van der Waals surface area contributed by atoms with Gasteiger partial charge < -0.3 is 29.7 Å². The number of nitrogens with one attached hydrogen (secondary N) is 1. The standard InChI is InChI=1S/C27H32N6O9S2/c1-16(2)24(25(35)29-22(26(36)37)15-40-13-17-4-3-5-19(10-17)41-9-8-34)33-12-18(31-32-33)14-42-20-6-7-21-23(11-20)43-27(30-21)44(28,38)39/h3-7,10-12,16,22,24,34H,8-9,13-15H2,1-2H3,(H,29,35)(H,36,37)(H2,28,38,39). The molecule has 17 heteroatoms. The minimum atomic E-state index is -3.92. The first-order chi connectivity index (χ1) is 20.9. The molecule has 2 unspecified atom stereocenters. The van der Waals surface area contributed by atoms with Gasteiger partial charge in [-0.3, -0.25) is 4.79 Å². The van der Waals surface area contributed by atoms with Crippen LogP contribution in [0, 0.1) is 5.92 Å². The molecule has 0 aliphatic rings. The fourth-order valence-corrected chi connectivity index (χ4v) is 5.80. The third-order valence-electron chi connectivity index (χ3n) is 6.14. The van der Waals surface area contributed by atoms with E-state index in [2.05, 4.69) is 20.6 Å². The number of primary sulfonamides is 1. The van der Waals surface area contributed by atoms with Crippen molar-refractivity contribution in [3.05, 3.63) is 59.9 Å². The Morgan fingerprint density at radius 3 is 2.59 bits per heavy atom. The Kier molecular flexibility index (Phi) is 10.8. The molecule has 2 heterocycles.